The molecule has 1 unspecified atom stereocenters. The van der Waals surface area contributed by atoms with Crippen LogP contribution in [0, 0.1) is 0 Å². The van der Waals surface area contributed by atoms with Crippen molar-refractivity contribution in [2.75, 3.05) is 0 Å². The summed E-state index contributed by atoms with van der Waals surface area (Å²) in [5, 5.41) is 6.98. The summed E-state index contributed by atoms with van der Waals surface area (Å²) in [6.07, 6.45) is 6.21. The zero-order valence-electron chi connectivity index (χ0n) is 18.1. The molecule has 2 aromatic carbocycles. The van der Waals surface area contributed by atoms with E-state index in [1.807, 2.05) is 31.2 Å². The number of hydrogen-bond donors (Lipinski definition) is 2. The monoisotopic (exact) mass is 496 g/mol. The molecule has 4 aromatic rings. The third kappa shape index (κ3) is 5.48. The Bertz CT molecular complexity index is 1380. The van der Waals surface area contributed by atoms with Gasteiger partial charge in [-0.25, -0.2) is 22.8 Å². The van der Waals surface area contributed by atoms with E-state index in [1.54, 1.807) is 35.5 Å². The normalized spacial score (nSPS) is 12.3. The Labute approximate surface area is 201 Å². The molecule has 0 fully saturated rings. The third-order valence-electron chi connectivity index (χ3n) is 5.10. The Morgan fingerprint density at radius 3 is 2.59 bits per heavy atom. The molecular weight excluding hydrogens is 476 g/mol. The van der Waals surface area contributed by atoms with Crippen molar-refractivity contribution in [1.29, 1.82) is 0 Å². The molecule has 174 valence electrons. The van der Waals surface area contributed by atoms with Gasteiger partial charge in [0.15, 0.2) is 0 Å². The van der Waals surface area contributed by atoms with E-state index in [1.165, 1.54) is 24.5 Å². The van der Waals surface area contributed by atoms with Crippen molar-refractivity contribution in [2.45, 2.75) is 24.4 Å². The number of carbonyl (C=O) groups excluding carboxylic acids is 1. The van der Waals surface area contributed by atoms with Crippen LogP contribution in [0.2, 0.25) is 5.02 Å². The lowest BCUT2D eigenvalue weighted by Gasteiger charge is -2.16. The summed E-state index contributed by atoms with van der Waals surface area (Å²) >= 11 is 6.15. The zero-order valence-corrected chi connectivity index (χ0v) is 19.7. The van der Waals surface area contributed by atoms with Crippen LogP contribution in [0.15, 0.2) is 84.5 Å². The van der Waals surface area contributed by atoms with Gasteiger partial charge < -0.3 is 5.32 Å². The molecular formula is C23H21ClN6O3S. The molecule has 0 aliphatic heterocycles. The van der Waals surface area contributed by atoms with Gasteiger partial charge in [0.05, 0.1) is 16.8 Å². The lowest BCUT2D eigenvalue weighted by atomic mass is 10.1. The zero-order chi connectivity index (χ0) is 24.1. The molecule has 4 rings (SSSR count). The standard InChI is InChI=1S/C23H21ClN6O3S/c1-16(18-4-7-20(8-5-18)30-15-26-14-27-30)29-23(31)19-6-9-21(24)22(11-19)34(32,33)28-13-17-3-2-10-25-12-17/h2-12,14-16,28H,13H2,1H3,(H,29,31). The molecule has 2 heterocycles. The van der Waals surface area contributed by atoms with Crippen LogP contribution in [0.3, 0.4) is 0 Å². The maximum atomic E-state index is 12.9. The van der Waals surface area contributed by atoms with Gasteiger partial charge in [-0.05, 0) is 54.4 Å². The number of rotatable bonds is 8. The number of amides is 1. The van der Waals surface area contributed by atoms with Crippen molar-refractivity contribution in [3.05, 3.63) is 101 Å². The van der Waals surface area contributed by atoms with Gasteiger partial charge in [-0.3, -0.25) is 9.78 Å². The van der Waals surface area contributed by atoms with E-state index in [2.05, 4.69) is 25.1 Å². The van der Waals surface area contributed by atoms with Crippen molar-refractivity contribution in [2.24, 2.45) is 0 Å². The minimum absolute atomic E-state index is 0.0204. The second kappa shape index (κ2) is 10.1. The van der Waals surface area contributed by atoms with Crippen LogP contribution < -0.4 is 10.0 Å². The highest BCUT2D eigenvalue weighted by Gasteiger charge is 2.21. The Morgan fingerprint density at radius 2 is 1.91 bits per heavy atom. The van der Waals surface area contributed by atoms with E-state index >= 15 is 0 Å². The molecule has 2 aromatic heterocycles. The minimum Gasteiger partial charge on any atom is -0.346 e. The summed E-state index contributed by atoms with van der Waals surface area (Å²) in [6.45, 7) is 1.88. The lowest BCUT2D eigenvalue weighted by Crippen LogP contribution is -2.28. The van der Waals surface area contributed by atoms with Crippen LogP contribution in [0.1, 0.15) is 34.5 Å². The lowest BCUT2D eigenvalue weighted by molar-refractivity contribution is 0.0939. The Balaban J connectivity index is 1.46. The molecule has 0 aliphatic carbocycles. The SMILES string of the molecule is CC(NC(=O)c1ccc(Cl)c(S(=O)(=O)NCc2cccnc2)c1)c1ccc(-n2cncn2)cc1. The molecule has 0 aliphatic rings. The Hall–Kier alpha value is -3.60. The smallest absolute Gasteiger partial charge is 0.251 e. The van der Waals surface area contributed by atoms with Crippen molar-refractivity contribution < 1.29 is 13.2 Å². The maximum absolute atomic E-state index is 12.9. The first-order chi connectivity index (χ1) is 16.3. The third-order valence-corrected chi connectivity index (χ3v) is 6.98. The van der Waals surface area contributed by atoms with Crippen LogP contribution in [0.5, 0.6) is 0 Å². The van der Waals surface area contributed by atoms with Crippen LogP contribution in [-0.4, -0.2) is 34.1 Å². The first-order valence-electron chi connectivity index (χ1n) is 10.3. The Kier molecular flexibility index (Phi) is 7.01. The van der Waals surface area contributed by atoms with Crippen molar-refractivity contribution >= 4 is 27.5 Å². The number of hydrogen-bond acceptors (Lipinski definition) is 6. The first-order valence-corrected chi connectivity index (χ1v) is 12.1. The molecule has 11 heteroatoms. The number of sulfonamides is 1. The summed E-state index contributed by atoms with van der Waals surface area (Å²) < 4.78 is 29.7. The average molecular weight is 497 g/mol. The summed E-state index contributed by atoms with van der Waals surface area (Å²) in [4.78, 5) is 20.6. The Morgan fingerprint density at radius 1 is 1.12 bits per heavy atom. The molecule has 1 atom stereocenters. The van der Waals surface area contributed by atoms with E-state index in [-0.39, 0.29) is 28.1 Å². The minimum atomic E-state index is -3.96. The van der Waals surface area contributed by atoms with Gasteiger partial charge in [0.1, 0.15) is 17.6 Å². The quantitative estimate of drug-likeness (QED) is 0.386. The topological polar surface area (TPSA) is 119 Å². The second-order valence-corrected chi connectivity index (χ2v) is 9.60. The number of aromatic nitrogens is 4. The summed E-state index contributed by atoms with van der Waals surface area (Å²) in [7, 11) is -3.96. The van der Waals surface area contributed by atoms with E-state index in [0.29, 0.717) is 5.56 Å². The number of nitrogens with zero attached hydrogens (tertiary/aromatic N) is 4. The molecule has 0 saturated heterocycles. The van der Waals surface area contributed by atoms with Gasteiger partial charge in [-0.15, -0.1) is 0 Å². The summed E-state index contributed by atoms with van der Waals surface area (Å²) in [5.41, 5.74) is 2.58. The number of nitrogens with one attached hydrogen (secondary N) is 2. The molecule has 0 spiro atoms. The van der Waals surface area contributed by atoms with Gasteiger partial charge in [-0.1, -0.05) is 29.8 Å². The van der Waals surface area contributed by atoms with Crippen molar-refractivity contribution in [3.63, 3.8) is 0 Å². The molecule has 0 radical (unpaired) electrons. The number of carbonyl (C=O) groups is 1. The highest BCUT2D eigenvalue weighted by Crippen LogP contribution is 2.24. The maximum Gasteiger partial charge on any atom is 0.251 e. The number of benzene rings is 2. The van der Waals surface area contributed by atoms with Gasteiger partial charge in [-0.2, -0.15) is 5.10 Å². The largest absolute Gasteiger partial charge is 0.346 e. The summed E-state index contributed by atoms with van der Waals surface area (Å²) in [5.74, 6) is -0.423. The van der Waals surface area contributed by atoms with Gasteiger partial charge >= 0.3 is 0 Å². The number of halogens is 1. The predicted octanol–water partition coefficient (Wildman–Crippen LogP) is 3.29. The van der Waals surface area contributed by atoms with E-state index in [9.17, 15) is 13.2 Å². The van der Waals surface area contributed by atoms with Crippen molar-refractivity contribution in [1.82, 2.24) is 29.8 Å². The van der Waals surface area contributed by atoms with Crippen LogP contribution >= 0.6 is 11.6 Å². The fraction of sp³-hybridized carbons (Fsp3) is 0.130. The fourth-order valence-electron chi connectivity index (χ4n) is 3.23. The van der Waals surface area contributed by atoms with Crippen LogP contribution in [0.25, 0.3) is 5.69 Å². The first kappa shape index (κ1) is 23.6. The van der Waals surface area contributed by atoms with E-state index in [4.69, 9.17) is 11.6 Å². The molecule has 9 nitrogen and oxygen atoms in total. The predicted molar refractivity (Wildman–Crippen MR) is 127 cm³/mol. The molecule has 2 N–H and O–H groups in total. The molecule has 0 bridgehead atoms. The highest BCUT2D eigenvalue weighted by atomic mass is 35.5. The summed E-state index contributed by atoms with van der Waals surface area (Å²) in [6, 6.07) is 14.8. The van der Waals surface area contributed by atoms with Gasteiger partial charge in [0.2, 0.25) is 10.0 Å². The molecule has 0 saturated carbocycles. The van der Waals surface area contributed by atoms with E-state index < -0.39 is 15.9 Å². The molecule has 34 heavy (non-hydrogen) atoms. The fourth-order valence-corrected chi connectivity index (χ4v) is 4.77. The van der Waals surface area contributed by atoms with Gasteiger partial charge in [0.25, 0.3) is 5.91 Å². The van der Waals surface area contributed by atoms with Crippen LogP contribution in [0.4, 0.5) is 0 Å². The van der Waals surface area contributed by atoms with Crippen molar-refractivity contribution in [3.8, 4) is 5.69 Å². The van der Waals surface area contributed by atoms with Gasteiger partial charge in [0, 0.05) is 24.5 Å². The molecule has 1 amide bonds. The number of pyridine rings is 1. The average Bonchev–Trinajstić information content (AvgIpc) is 3.39. The van der Waals surface area contributed by atoms with E-state index in [0.717, 1.165) is 11.3 Å². The highest BCUT2D eigenvalue weighted by molar-refractivity contribution is 7.89. The second-order valence-electron chi connectivity index (χ2n) is 7.46. The van der Waals surface area contributed by atoms with Crippen LogP contribution in [-0.2, 0) is 16.6 Å².